The van der Waals surface area contributed by atoms with E-state index in [1.807, 2.05) is 6.92 Å². The molecule has 0 unspecified atom stereocenters. The maximum Gasteiger partial charge on any atom is 0.269 e. The molecule has 1 heterocycles. The molecule has 0 bridgehead atoms. The lowest BCUT2D eigenvalue weighted by Crippen LogP contribution is -2.40. The van der Waals surface area contributed by atoms with Crippen LogP contribution in [0.2, 0.25) is 0 Å². The summed E-state index contributed by atoms with van der Waals surface area (Å²) in [6.45, 7) is 6.71. The molecule has 1 aliphatic heterocycles. The van der Waals surface area contributed by atoms with E-state index >= 15 is 0 Å². The Bertz CT molecular complexity index is 458. The van der Waals surface area contributed by atoms with Crippen LogP contribution in [-0.2, 0) is 9.47 Å². The average Bonchev–Trinajstić information content (AvgIpc) is 2.33. The summed E-state index contributed by atoms with van der Waals surface area (Å²) in [5, 5.41) is 10.7. The number of nitro groups is 1. The molecule has 5 nitrogen and oxygen atoms in total. The van der Waals surface area contributed by atoms with Crippen LogP contribution in [-0.4, -0.2) is 17.6 Å². The van der Waals surface area contributed by atoms with Crippen molar-refractivity contribution in [3.05, 3.63) is 39.9 Å². The van der Waals surface area contributed by atoms with Crippen molar-refractivity contribution in [3.8, 4) is 0 Å². The number of nitrogens with zero attached hydrogens (tertiary/aromatic N) is 1. The predicted octanol–water partition coefficient (Wildman–Crippen LogP) is 3.05. The lowest BCUT2D eigenvalue weighted by molar-refractivity contribution is -0.385. The Hall–Kier alpha value is -1.46. The van der Waals surface area contributed by atoms with E-state index in [0.29, 0.717) is 12.2 Å². The summed E-state index contributed by atoms with van der Waals surface area (Å²) in [6.07, 6.45) is -0.483. The monoisotopic (exact) mass is 251 g/mol. The SMILES string of the molecule is C[C@H]1O[C@H](c2cccc([N+](=O)[O-])c2)OCC1(C)C. The molecular formula is C13H17NO4. The van der Waals surface area contributed by atoms with Crippen molar-refractivity contribution in [1.82, 2.24) is 0 Å². The molecular weight excluding hydrogens is 234 g/mol. The Balaban J connectivity index is 2.18. The molecule has 0 radical (unpaired) electrons. The van der Waals surface area contributed by atoms with Crippen LogP contribution in [0.15, 0.2) is 24.3 Å². The van der Waals surface area contributed by atoms with E-state index in [0.717, 1.165) is 0 Å². The van der Waals surface area contributed by atoms with Gasteiger partial charge in [-0.1, -0.05) is 26.0 Å². The van der Waals surface area contributed by atoms with Gasteiger partial charge in [-0.15, -0.1) is 0 Å². The molecule has 18 heavy (non-hydrogen) atoms. The van der Waals surface area contributed by atoms with Crippen LogP contribution in [0.25, 0.3) is 0 Å². The topological polar surface area (TPSA) is 61.6 Å². The fourth-order valence-corrected chi connectivity index (χ4v) is 1.78. The van der Waals surface area contributed by atoms with Gasteiger partial charge in [0.2, 0.25) is 0 Å². The Kier molecular flexibility index (Phi) is 3.36. The van der Waals surface area contributed by atoms with Gasteiger partial charge in [0.25, 0.3) is 5.69 Å². The summed E-state index contributed by atoms with van der Waals surface area (Å²) in [5.74, 6) is 0. The highest BCUT2D eigenvalue weighted by Crippen LogP contribution is 2.36. The van der Waals surface area contributed by atoms with E-state index in [1.165, 1.54) is 12.1 Å². The van der Waals surface area contributed by atoms with Crippen molar-refractivity contribution in [2.75, 3.05) is 6.61 Å². The summed E-state index contributed by atoms with van der Waals surface area (Å²) in [7, 11) is 0. The molecule has 1 fully saturated rings. The molecule has 0 spiro atoms. The zero-order chi connectivity index (χ0) is 13.3. The molecule has 1 aliphatic rings. The molecule has 1 aromatic carbocycles. The molecule has 1 saturated heterocycles. The molecule has 0 aromatic heterocycles. The van der Waals surface area contributed by atoms with Gasteiger partial charge < -0.3 is 9.47 Å². The predicted molar refractivity (Wildman–Crippen MR) is 66.1 cm³/mol. The van der Waals surface area contributed by atoms with Gasteiger partial charge in [-0.3, -0.25) is 10.1 Å². The number of non-ortho nitro benzene ring substituents is 1. The maximum absolute atomic E-state index is 10.7. The zero-order valence-corrected chi connectivity index (χ0v) is 10.8. The Morgan fingerprint density at radius 2 is 2.17 bits per heavy atom. The van der Waals surface area contributed by atoms with Gasteiger partial charge >= 0.3 is 0 Å². The minimum absolute atomic E-state index is 0.0375. The average molecular weight is 251 g/mol. The van der Waals surface area contributed by atoms with Crippen molar-refractivity contribution in [2.24, 2.45) is 5.41 Å². The number of ether oxygens (including phenoxy) is 2. The van der Waals surface area contributed by atoms with Crippen LogP contribution in [0.3, 0.4) is 0 Å². The number of hydrogen-bond donors (Lipinski definition) is 0. The quantitative estimate of drug-likeness (QED) is 0.598. The van der Waals surface area contributed by atoms with Crippen LogP contribution >= 0.6 is 0 Å². The van der Waals surface area contributed by atoms with Gasteiger partial charge in [0, 0.05) is 23.1 Å². The number of hydrogen-bond acceptors (Lipinski definition) is 4. The molecule has 0 N–H and O–H groups in total. The summed E-state index contributed by atoms with van der Waals surface area (Å²) >= 11 is 0. The molecule has 0 amide bonds. The third kappa shape index (κ3) is 2.52. The molecule has 2 rings (SSSR count). The van der Waals surface area contributed by atoms with E-state index in [2.05, 4.69) is 13.8 Å². The normalized spacial score (nSPS) is 26.8. The zero-order valence-electron chi connectivity index (χ0n) is 10.8. The fraction of sp³-hybridized carbons (Fsp3) is 0.538. The van der Waals surface area contributed by atoms with E-state index in [1.54, 1.807) is 12.1 Å². The van der Waals surface area contributed by atoms with Crippen molar-refractivity contribution < 1.29 is 14.4 Å². The third-order valence-corrected chi connectivity index (χ3v) is 3.39. The lowest BCUT2D eigenvalue weighted by Gasteiger charge is -2.40. The standard InChI is InChI=1S/C13H17NO4/c1-9-13(2,3)8-17-12(18-9)10-5-4-6-11(7-10)14(15)16/h4-7,9,12H,8H2,1-3H3/t9-,12-/m1/s1. The van der Waals surface area contributed by atoms with Crippen LogP contribution in [0, 0.1) is 15.5 Å². The van der Waals surface area contributed by atoms with E-state index < -0.39 is 11.2 Å². The highest BCUT2D eigenvalue weighted by atomic mass is 16.7. The smallest absolute Gasteiger partial charge is 0.269 e. The Labute approximate surface area is 106 Å². The van der Waals surface area contributed by atoms with Crippen molar-refractivity contribution in [2.45, 2.75) is 33.2 Å². The van der Waals surface area contributed by atoms with Crippen molar-refractivity contribution in [1.29, 1.82) is 0 Å². The van der Waals surface area contributed by atoms with Gasteiger partial charge in [-0.25, -0.2) is 0 Å². The third-order valence-electron chi connectivity index (χ3n) is 3.39. The van der Waals surface area contributed by atoms with Crippen LogP contribution in [0.5, 0.6) is 0 Å². The molecule has 1 aromatic rings. The largest absolute Gasteiger partial charge is 0.348 e. The van der Waals surface area contributed by atoms with Gasteiger partial charge in [0.05, 0.1) is 17.6 Å². The summed E-state index contributed by atoms with van der Waals surface area (Å²) in [5.41, 5.74) is 0.695. The first-order valence-corrected chi connectivity index (χ1v) is 5.91. The Morgan fingerprint density at radius 1 is 1.44 bits per heavy atom. The first kappa shape index (κ1) is 13.0. The van der Waals surface area contributed by atoms with Crippen molar-refractivity contribution in [3.63, 3.8) is 0 Å². The summed E-state index contributed by atoms with van der Waals surface area (Å²) < 4.78 is 11.4. The van der Waals surface area contributed by atoms with E-state index in [9.17, 15) is 10.1 Å². The van der Waals surface area contributed by atoms with Gasteiger partial charge in [-0.2, -0.15) is 0 Å². The number of rotatable bonds is 2. The number of benzene rings is 1. The fourth-order valence-electron chi connectivity index (χ4n) is 1.78. The minimum Gasteiger partial charge on any atom is -0.348 e. The second-order valence-corrected chi connectivity index (χ2v) is 5.26. The molecule has 0 aliphatic carbocycles. The number of nitro benzene ring substituents is 1. The highest BCUT2D eigenvalue weighted by Gasteiger charge is 2.36. The van der Waals surface area contributed by atoms with Gasteiger partial charge in [0.1, 0.15) is 0 Å². The minimum atomic E-state index is -0.520. The molecule has 98 valence electrons. The summed E-state index contributed by atoms with van der Waals surface area (Å²) in [4.78, 5) is 10.3. The molecule has 2 atom stereocenters. The second kappa shape index (κ2) is 4.66. The first-order chi connectivity index (χ1) is 8.40. The van der Waals surface area contributed by atoms with E-state index in [4.69, 9.17) is 9.47 Å². The molecule has 0 saturated carbocycles. The molecule has 5 heteroatoms. The van der Waals surface area contributed by atoms with Gasteiger partial charge in [-0.05, 0) is 6.92 Å². The Morgan fingerprint density at radius 3 is 2.78 bits per heavy atom. The van der Waals surface area contributed by atoms with Crippen LogP contribution < -0.4 is 0 Å². The van der Waals surface area contributed by atoms with Crippen LogP contribution in [0.4, 0.5) is 5.69 Å². The highest BCUT2D eigenvalue weighted by molar-refractivity contribution is 5.34. The summed E-state index contributed by atoms with van der Waals surface area (Å²) in [6, 6.07) is 6.38. The van der Waals surface area contributed by atoms with Gasteiger partial charge in [0.15, 0.2) is 6.29 Å². The maximum atomic E-state index is 10.7. The van der Waals surface area contributed by atoms with Crippen LogP contribution in [0.1, 0.15) is 32.6 Å². The lowest BCUT2D eigenvalue weighted by atomic mass is 9.87. The first-order valence-electron chi connectivity index (χ1n) is 5.91. The van der Waals surface area contributed by atoms with Crippen molar-refractivity contribution >= 4 is 5.69 Å². The van der Waals surface area contributed by atoms with E-state index in [-0.39, 0.29) is 17.2 Å². The second-order valence-electron chi connectivity index (χ2n) is 5.26.